The maximum Gasteiger partial charge on any atom is 0.673 e. The van der Waals surface area contributed by atoms with Crippen molar-refractivity contribution in [1.29, 1.82) is 0 Å². The zero-order valence-electron chi connectivity index (χ0n) is 26.2. The molecule has 0 aromatic heterocycles. The fourth-order valence-electron chi connectivity index (χ4n) is 6.66. The SMILES string of the molecule is C1=C[C@H]2C[C@@H]1[C@H](P(c1ccccc1)c1ccccc1)[C@H]2P(c1ccccc1)c1ccccc1.C1=C\CC/C=C\CC/1.F[B-](F)(F)F.[Rh]. The number of fused-ring (bicyclic) bond motifs is 2. The van der Waals surface area contributed by atoms with Crippen molar-refractivity contribution < 1.29 is 36.7 Å². The summed E-state index contributed by atoms with van der Waals surface area (Å²) in [4.78, 5) is 0. The quantitative estimate of drug-likeness (QED) is 0.0795. The Bertz CT molecular complexity index is 1340. The minimum atomic E-state index is -6.00. The van der Waals surface area contributed by atoms with Crippen LogP contribution in [0.1, 0.15) is 32.1 Å². The van der Waals surface area contributed by atoms with Crippen LogP contribution in [-0.2, 0) is 19.5 Å². The topological polar surface area (TPSA) is 0 Å². The standard InChI is InChI=1S/C31H28P2.C8H12.BF4.Rh/c1-5-13-26(14-6-1)32(27-15-7-2-8-16-27)30-24-21-22-25(23-24)31(30)33(28-17-9-3-10-18-28)29-19-11-4-12-20-29;1-2-4-6-8-7-5-3-1;2-1(3,4)5;/h1-22,24-25,30-31H,23H2;1-2,7-8H,3-6H2;;/q;;-1;/b;2-1-,8-7-;;/t24-,25+,30-,31-;;;/m0.../s1. The maximum absolute atomic E-state index is 9.75. The summed E-state index contributed by atoms with van der Waals surface area (Å²) in [5.74, 6) is 1.34. The van der Waals surface area contributed by atoms with Crippen LogP contribution in [0.5, 0.6) is 0 Å². The number of halogens is 4. The van der Waals surface area contributed by atoms with Crippen LogP contribution >= 0.6 is 15.8 Å². The summed E-state index contributed by atoms with van der Waals surface area (Å²) in [5, 5.41) is 6.08. The molecule has 1 radical (unpaired) electrons. The number of allylic oxidation sites excluding steroid dienone is 6. The van der Waals surface area contributed by atoms with Gasteiger partial charge in [0.25, 0.3) is 0 Å². The monoisotopic (exact) mass is 760 g/mol. The Labute approximate surface area is 292 Å². The van der Waals surface area contributed by atoms with Crippen molar-refractivity contribution in [1.82, 2.24) is 0 Å². The van der Waals surface area contributed by atoms with Gasteiger partial charge in [-0.15, -0.1) is 0 Å². The summed E-state index contributed by atoms with van der Waals surface area (Å²) in [5.41, 5.74) is 1.32. The molecule has 4 aromatic rings. The van der Waals surface area contributed by atoms with E-state index >= 15 is 0 Å². The van der Waals surface area contributed by atoms with Gasteiger partial charge in [0, 0.05) is 30.8 Å². The van der Waals surface area contributed by atoms with Gasteiger partial charge in [0.2, 0.25) is 0 Å². The van der Waals surface area contributed by atoms with Crippen LogP contribution < -0.4 is 21.2 Å². The molecule has 0 amide bonds. The van der Waals surface area contributed by atoms with Gasteiger partial charge in [0.15, 0.2) is 0 Å². The van der Waals surface area contributed by atoms with Crippen molar-refractivity contribution in [2.45, 2.75) is 43.4 Å². The second-order valence-corrected chi connectivity index (χ2v) is 16.3. The maximum atomic E-state index is 9.75. The van der Waals surface area contributed by atoms with Crippen molar-refractivity contribution in [3.8, 4) is 0 Å². The summed E-state index contributed by atoms with van der Waals surface area (Å²) in [6, 6.07) is 45.4. The van der Waals surface area contributed by atoms with Gasteiger partial charge >= 0.3 is 7.25 Å². The molecule has 0 aliphatic heterocycles. The smallest absolute Gasteiger partial charge is 0.418 e. The minimum Gasteiger partial charge on any atom is -0.418 e. The Kier molecular flexibility index (Phi) is 14.9. The minimum absolute atomic E-state index is 0. The van der Waals surface area contributed by atoms with E-state index in [1.165, 1.54) is 53.3 Å². The molecule has 0 saturated heterocycles. The van der Waals surface area contributed by atoms with Gasteiger partial charge < -0.3 is 17.3 Å². The van der Waals surface area contributed by atoms with E-state index in [0.717, 1.165) is 0 Å². The molecule has 0 spiro atoms. The Morgan fingerprint density at radius 3 is 0.894 bits per heavy atom. The average Bonchev–Trinajstić information content (AvgIpc) is 3.66. The number of benzene rings is 4. The van der Waals surface area contributed by atoms with Crippen LogP contribution in [0, 0.1) is 11.8 Å². The summed E-state index contributed by atoms with van der Waals surface area (Å²) in [6.45, 7) is 0. The fraction of sp³-hybridized carbons (Fsp3) is 0.231. The van der Waals surface area contributed by atoms with E-state index in [2.05, 4.69) is 158 Å². The predicted molar refractivity (Wildman–Crippen MR) is 193 cm³/mol. The molecule has 247 valence electrons. The Balaban J connectivity index is 0.000000301. The molecule has 1 fully saturated rings. The van der Waals surface area contributed by atoms with Crippen LogP contribution in [0.3, 0.4) is 0 Å². The predicted octanol–water partition coefficient (Wildman–Crippen LogP) is 10.2. The van der Waals surface area contributed by atoms with Gasteiger partial charge in [-0.1, -0.05) is 158 Å². The zero-order valence-corrected chi connectivity index (χ0v) is 29.6. The molecule has 7 rings (SSSR count). The fourth-order valence-corrected chi connectivity index (χ4v) is 13.7. The molecule has 0 nitrogen and oxygen atoms in total. The third-order valence-electron chi connectivity index (χ3n) is 8.44. The van der Waals surface area contributed by atoms with Gasteiger partial charge in [0.1, 0.15) is 0 Å². The van der Waals surface area contributed by atoms with Gasteiger partial charge in [0.05, 0.1) is 0 Å². The molecule has 2 bridgehead atoms. The molecule has 3 aliphatic carbocycles. The van der Waals surface area contributed by atoms with E-state index < -0.39 is 23.1 Å². The molecule has 0 N–H and O–H groups in total. The van der Waals surface area contributed by atoms with Crippen LogP contribution in [-0.4, -0.2) is 18.6 Å². The van der Waals surface area contributed by atoms with Crippen LogP contribution in [0.15, 0.2) is 158 Å². The van der Waals surface area contributed by atoms with Gasteiger partial charge in [-0.2, -0.15) is 0 Å². The second-order valence-electron chi connectivity index (χ2n) is 11.6. The van der Waals surface area contributed by atoms with E-state index in [1.807, 2.05) is 0 Å². The average molecular weight is 760 g/mol. The van der Waals surface area contributed by atoms with E-state index in [-0.39, 0.29) is 19.5 Å². The largest absolute Gasteiger partial charge is 0.673 e. The van der Waals surface area contributed by atoms with E-state index in [0.29, 0.717) is 23.2 Å². The summed E-state index contributed by atoms with van der Waals surface area (Å²) >= 11 is 0. The molecule has 1 saturated carbocycles. The van der Waals surface area contributed by atoms with Crippen molar-refractivity contribution in [3.63, 3.8) is 0 Å². The van der Waals surface area contributed by atoms with Crippen molar-refractivity contribution in [2.24, 2.45) is 11.8 Å². The van der Waals surface area contributed by atoms with Crippen molar-refractivity contribution >= 4 is 44.3 Å². The molecule has 0 heterocycles. The number of hydrogen-bond donors (Lipinski definition) is 0. The van der Waals surface area contributed by atoms with Gasteiger partial charge in [-0.3, -0.25) is 0 Å². The molecule has 3 aliphatic rings. The van der Waals surface area contributed by atoms with Gasteiger partial charge in [-0.25, -0.2) is 0 Å². The van der Waals surface area contributed by atoms with E-state index in [4.69, 9.17) is 0 Å². The Morgan fingerprint density at radius 2 is 0.660 bits per heavy atom. The summed E-state index contributed by atoms with van der Waals surface area (Å²) in [6.07, 6.45) is 20.4. The van der Waals surface area contributed by atoms with Crippen LogP contribution in [0.4, 0.5) is 17.3 Å². The first kappa shape index (κ1) is 37.2. The number of hydrogen-bond acceptors (Lipinski definition) is 0. The number of rotatable bonds is 6. The Morgan fingerprint density at radius 1 is 0.426 bits per heavy atom. The second kappa shape index (κ2) is 18.8. The van der Waals surface area contributed by atoms with Crippen molar-refractivity contribution in [3.05, 3.63) is 158 Å². The third kappa shape index (κ3) is 10.9. The molecule has 8 heteroatoms. The van der Waals surface area contributed by atoms with E-state index in [1.54, 1.807) is 0 Å². The summed E-state index contributed by atoms with van der Waals surface area (Å²) in [7, 11) is -6.91. The Hall–Kier alpha value is -2.63. The van der Waals surface area contributed by atoms with E-state index in [9.17, 15) is 17.3 Å². The molecular formula is C39H40BF4P2Rh-. The normalized spacial score (nSPS) is 22.5. The van der Waals surface area contributed by atoms with Crippen molar-refractivity contribution in [2.75, 3.05) is 0 Å². The third-order valence-corrected chi connectivity index (χ3v) is 14.7. The zero-order chi connectivity index (χ0) is 32.2. The first-order valence-electron chi connectivity index (χ1n) is 16.0. The molecule has 4 atom stereocenters. The molecule has 4 aromatic carbocycles. The van der Waals surface area contributed by atoms with Crippen LogP contribution in [0.25, 0.3) is 0 Å². The first-order valence-corrected chi connectivity index (χ1v) is 18.9. The summed E-state index contributed by atoms with van der Waals surface area (Å²) < 4.78 is 39.0. The molecular weight excluding hydrogens is 720 g/mol. The molecule has 0 unspecified atom stereocenters. The molecule has 47 heavy (non-hydrogen) atoms. The first-order chi connectivity index (χ1) is 22.4. The van der Waals surface area contributed by atoms with Gasteiger partial charge in [-0.05, 0) is 81.0 Å². The van der Waals surface area contributed by atoms with Crippen LogP contribution in [0.2, 0.25) is 0 Å².